The zero-order valence-electron chi connectivity index (χ0n) is 22.5. The molecule has 6 aromatic rings. The van der Waals surface area contributed by atoms with E-state index in [1.807, 2.05) is 86.0 Å². The minimum Gasteiger partial charge on any atom is -0.302 e. The Hall–Kier alpha value is -4.24. The summed E-state index contributed by atoms with van der Waals surface area (Å²) in [4.78, 5) is 13.3. The van der Waals surface area contributed by atoms with E-state index in [4.69, 9.17) is 0 Å². The molecule has 6 rings (SSSR count). The van der Waals surface area contributed by atoms with Crippen LogP contribution in [-0.2, 0) is 26.5 Å². The average molecular weight is 696 g/mol. The SMILES string of the molecule is CCc1cnc(-c2[c-]ccc(-c3ccccc3)c2)nc1.Cc1cccc(-c2[c-]cc(-c3ccccc3)cc2)n1.[Ir]. The number of aromatic nitrogens is 3. The van der Waals surface area contributed by atoms with Gasteiger partial charge in [-0.05, 0) is 36.2 Å². The zero-order chi connectivity index (χ0) is 26.9. The molecule has 0 amide bonds. The standard InChI is InChI=1S/C18H15N2.C18H14N.Ir/c1-2-14-12-19-18(20-13-14)17-10-6-9-16(11-17)15-7-4-3-5-8-15;1-14-6-5-9-18(19-14)17-12-10-16(11-13-17)15-7-3-2-4-8-15;/h3-9,11-13H,2H2,1H3;2-12H,1H3;/q2*-1;. The molecule has 4 heteroatoms. The van der Waals surface area contributed by atoms with Crippen LogP contribution in [0.2, 0.25) is 0 Å². The van der Waals surface area contributed by atoms with Crippen LogP contribution in [0.1, 0.15) is 18.2 Å². The maximum absolute atomic E-state index is 4.51. The molecule has 0 unspecified atom stereocenters. The third-order valence-corrected chi connectivity index (χ3v) is 6.35. The Morgan fingerprint density at radius 1 is 0.625 bits per heavy atom. The summed E-state index contributed by atoms with van der Waals surface area (Å²) in [5.74, 6) is 0.722. The molecule has 0 aliphatic rings. The molecule has 4 aromatic carbocycles. The van der Waals surface area contributed by atoms with Crippen molar-refractivity contribution >= 4 is 0 Å². The van der Waals surface area contributed by atoms with E-state index in [0.717, 1.165) is 45.9 Å². The summed E-state index contributed by atoms with van der Waals surface area (Å²) in [5, 5.41) is 0. The molecule has 40 heavy (non-hydrogen) atoms. The van der Waals surface area contributed by atoms with Crippen molar-refractivity contribution < 1.29 is 20.1 Å². The summed E-state index contributed by atoms with van der Waals surface area (Å²) in [5.41, 5.74) is 9.83. The molecule has 2 aromatic heterocycles. The molecule has 0 bridgehead atoms. The molecule has 0 spiro atoms. The van der Waals surface area contributed by atoms with Crippen LogP contribution < -0.4 is 0 Å². The Morgan fingerprint density at radius 3 is 1.90 bits per heavy atom. The van der Waals surface area contributed by atoms with E-state index in [1.54, 1.807) is 0 Å². The molecule has 3 nitrogen and oxygen atoms in total. The first-order chi connectivity index (χ1) is 19.2. The smallest absolute Gasteiger partial charge is 0.0748 e. The third-order valence-electron chi connectivity index (χ3n) is 6.35. The summed E-state index contributed by atoms with van der Waals surface area (Å²) >= 11 is 0. The Kier molecular flexibility index (Phi) is 10.2. The van der Waals surface area contributed by atoms with Crippen molar-refractivity contribution in [1.82, 2.24) is 15.0 Å². The van der Waals surface area contributed by atoms with E-state index in [-0.39, 0.29) is 20.1 Å². The topological polar surface area (TPSA) is 38.7 Å². The van der Waals surface area contributed by atoms with Gasteiger partial charge < -0.3 is 4.98 Å². The molecule has 0 saturated carbocycles. The minimum atomic E-state index is 0. The van der Waals surface area contributed by atoms with Gasteiger partial charge in [0.15, 0.2) is 0 Å². The second-order valence-electron chi connectivity index (χ2n) is 9.15. The van der Waals surface area contributed by atoms with Crippen LogP contribution in [0.5, 0.6) is 0 Å². The van der Waals surface area contributed by atoms with E-state index < -0.39 is 0 Å². The summed E-state index contributed by atoms with van der Waals surface area (Å²) < 4.78 is 0. The molecule has 199 valence electrons. The van der Waals surface area contributed by atoms with Crippen LogP contribution in [-0.4, -0.2) is 15.0 Å². The quantitative estimate of drug-likeness (QED) is 0.170. The van der Waals surface area contributed by atoms with Crippen molar-refractivity contribution in [1.29, 1.82) is 0 Å². The second-order valence-corrected chi connectivity index (χ2v) is 9.15. The molecule has 0 N–H and O–H groups in total. The van der Waals surface area contributed by atoms with E-state index in [9.17, 15) is 0 Å². The van der Waals surface area contributed by atoms with Gasteiger partial charge in [0, 0.05) is 38.2 Å². The van der Waals surface area contributed by atoms with Gasteiger partial charge in [-0.3, -0.25) is 9.97 Å². The second kappa shape index (κ2) is 14.2. The van der Waals surface area contributed by atoms with Crippen LogP contribution in [0.3, 0.4) is 0 Å². The number of hydrogen-bond acceptors (Lipinski definition) is 3. The Bertz CT molecular complexity index is 1620. The first kappa shape index (κ1) is 28.8. The average Bonchev–Trinajstić information content (AvgIpc) is 3.02. The van der Waals surface area contributed by atoms with E-state index in [1.165, 1.54) is 16.7 Å². The van der Waals surface area contributed by atoms with Crippen molar-refractivity contribution in [2.45, 2.75) is 20.3 Å². The monoisotopic (exact) mass is 696 g/mol. The van der Waals surface area contributed by atoms with Gasteiger partial charge in [0.2, 0.25) is 0 Å². The maximum atomic E-state index is 4.51. The third kappa shape index (κ3) is 7.44. The van der Waals surface area contributed by atoms with Crippen LogP contribution in [0.15, 0.2) is 128 Å². The van der Waals surface area contributed by atoms with Gasteiger partial charge in [0.05, 0.1) is 5.82 Å². The van der Waals surface area contributed by atoms with Gasteiger partial charge in [0.1, 0.15) is 0 Å². The van der Waals surface area contributed by atoms with Crippen molar-refractivity contribution in [3.63, 3.8) is 0 Å². The fraction of sp³-hybridized carbons (Fsp3) is 0.0833. The minimum absolute atomic E-state index is 0. The van der Waals surface area contributed by atoms with E-state index in [0.29, 0.717) is 0 Å². The van der Waals surface area contributed by atoms with E-state index >= 15 is 0 Å². The predicted molar refractivity (Wildman–Crippen MR) is 160 cm³/mol. The number of benzene rings is 4. The Morgan fingerprint density at radius 2 is 1.30 bits per heavy atom. The fourth-order valence-corrected chi connectivity index (χ4v) is 4.17. The Balaban J connectivity index is 0.000000181. The van der Waals surface area contributed by atoms with Crippen molar-refractivity contribution in [3.8, 4) is 44.9 Å². The van der Waals surface area contributed by atoms with Gasteiger partial charge in [-0.2, -0.15) is 0 Å². The van der Waals surface area contributed by atoms with Crippen LogP contribution in [0.25, 0.3) is 44.9 Å². The molecule has 2 heterocycles. The van der Waals surface area contributed by atoms with Crippen molar-refractivity contribution in [3.05, 3.63) is 151 Å². The van der Waals surface area contributed by atoms with Crippen LogP contribution >= 0.6 is 0 Å². The Labute approximate surface area is 250 Å². The number of rotatable bonds is 5. The maximum Gasteiger partial charge on any atom is 0.0748 e. The molecule has 0 atom stereocenters. The molecular formula is C36H29IrN3-2. The van der Waals surface area contributed by atoms with Crippen molar-refractivity contribution in [2.75, 3.05) is 0 Å². The summed E-state index contributed by atoms with van der Waals surface area (Å²) in [6.07, 6.45) is 4.71. The molecule has 0 saturated heterocycles. The van der Waals surface area contributed by atoms with Gasteiger partial charge in [-0.25, -0.2) is 0 Å². The van der Waals surface area contributed by atoms with Gasteiger partial charge in [-0.1, -0.05) is 90.8 Å². The molecule has 0 fully saturated rings. The zero-order valence-corrected chi connectivity index (χ0v) is 24.9. The normalized spacial score (nSPS) is 10.2. The molecule has 1 radical (unpaired) electrons. The molecular weight excluding hydrogens is 667 g/mol. The van der Waals surface area contributed by atoms with Crippen molar-refractivity contribution in [2.24, 2.45) is 0 Å². The molecule has 0 aliphatic carbocycles. The van der Waals surface area contributed by atoms with Gasteiger partial charge in [-0.15, -0.1) is 65.2 Å². The summed E-state index contributed by atoms with van der Waals surface area (Å²) in [6.45, 7) is 4.10. The number of hydrogen-bond donors (Lipinski definition) is 0. The number of nitrogens with zero attached hydrogens (tertiary/aromatic N) is 3. The van der Waals surface area contributed by atoms with Gasteiger partial charge in [0.25, 0.3) is 0 Å². The van der Waals surface area contributed by atoms with Crippen LogP contribution in [0, 0.1) is 19.1 Å². The summed E-state index contributed by atoms with van der Waals surface area (Å²) in [6, 6.07) is 45.5. The largest absolute Gasteiger partial charge is 0.302 e. The van der Waals surface area contributed by atoms with E-state index in [2.05, 4.69) is 82.5 Å². The van der Waals surface area contributed by atoms with Gasteiger partial charge >= 0.3 is 0 Å². The van der Waals surface area contributed by atoms with Crippen LogP contribution in [0.4, 0.5) is 0 Å². The first-order valence-electron chi connectivity index (χ1n) is 13.1. The fourth-order valence-electron chi connectivity index (χ4n) is 4.17. The summed E-state index contributed by atoms with van der Waals surface area (Å²) in [7, 11) is 0. The number of aryl methyl sites for hydroxylation is 2. The predicted octanol–water partition coefficient (Wildman–Crippen LogP) is 8.69. The molecule has 0 aliphatic heterocycles. The number of pyridine rings is 1. The first-order valence-corrected chi connectivity index (χ1v) is 13.1.